The summed E-state index contributed by atoms with van der Waals surface area (Å²) in [6, 6.07) is 0. The average molecular weight is 179 g/mol. The minimum Gasteiger partial charge on any atom is -0.480 e. The Kier molecular flexibility index (Phi) is 4.86. The predicted octanol–water partition coefficient (Wildman–Crippen LogP) is 1.29. The lowest BCUT2D eigenvalue weighted by molar-refractivity contribution is -0.137. The molecule has 0 amide bonds. The van der Waals surface area contributed by atoms with Crippen LogP contribution in [0.25, 0.3) is 0 Å². The molecule has 0 rings (SSSR count). The van der Waals surface area contributed by atoms with Crippen molar-refractivity contribution in [1.29, 1.82) is 0 Å². The predicted molar refractivity (Wildman–Crippen MR) is 41.7 cm³/mol. The number of hydrogen-bond acceptors (Lipinski definition) is 2. The number of aliphatic carboxylic acids is 1. The van der Waals surface area contributed by atoms with Crippen molar-refractivity contribution in [2.24, 2.45) is 5.92 Å². The van der Waals surface area contributed by atoms with Crippen LogP contribution in [0.15, 0.2) is 0 Å². The molecule has 2 atom stereocenters. The highest BCUT2D eigenvalue weighted by Crippen LogP contribution is 2.17. The van der Waals surface area contributed by atoms with Gasteiger partial charge in [-0.3, -0.25) is 4.79 Å². The highest BCUT2D eigenvalue weighted by atomic mass is 35.5. The van der Waals surface area contributed by atoms with Crippen LogP contribution in [-0.2, 0) is 9.59 Å². The second-order valence-corrected chi connectivity index (χ2v) is 2.78. The Morgan fingerprint density at radius 1 is 1.73 bits per heavy atom. The minimum atomic E-state index is -1.06. The van der Waals surface area contributed by atoms with Crippen LogP contribution in [0.5, 0.6) is 0 Å². The summed E-state index contributed by atoms with van der Waals surface area (Å²) < 4.78 is 0. The zero-order valence-corrected chi connectivity index (χ0v) is 7.04. The summed E-state index contributed by atoms with van der Waals surface area (Å²) in [6.07, 6.45) is 1.53. The van der Waals surface area contributed by atoms with Crippen LogP contribution in [-0.4, -0.2) is 22.7 Å². The van der Waals surface area contributed by atoms with E-state index in [9.17, 15) is 9.59 Å². The molecule has 0 aromatic heterocycles. The molecule has 1 N–H and O–H groups in total. The summed E-state index contributed by atoms with van der Waals surface area (Å²) in [5.74, 6) is -1.30. The van der Waals surface area contributed by atoms with Gasteiger partial charge in [0.25, 0.3) is 0 Å². The zero-order chi connectivity index (χ0) is 8.85. The molecule has 0 aromatic rings. The van der Waals surface area contributed by atoms with Crippen LogP contribution >= 0.6 is 11.6 Å². The molecular formula is C7H11ClO3. The Bertz CT molecular complexity index is 147. The van der Waals surface area contributed by atoms with Crippen molar-refractivity contribution in [3.63, 3.8) is 0 Å². The fraction of sp³-hybridized carbons (Fsp3) is 0.714. The molecule has 0 bridgehead atoms. The number of hydrogen-bond donors (Lipinski definition) is 1. The van der Waals surface area contributed by atoms with E-state index in [4.69, 9.17) is 16.7 Å². The van der Waals surface area contributed by atoms with Crippen LogP contribution in [0.4, 0.5) is 0 Å². The first kappa shape index (κ1) is 10.4. The maximum Gasteiger partial charge on any atom is 0.321 e. The molecule has 0 aliphatic carbocycles. The van der Waals surface area contributed by atoms with Crippen LogP contribution in [0.2, 0.25) is 0 Å². The topological polar surface area (TPSA) is 54.4 Å². The Labute approximate surface area is 70.3 Å². The standard InChI is InChI=1S/C7H11ClO3/c1-2-5(3-4-9)6(8)7(10)11/h4-6H,2-3H2,1H3,(H,10,11). The average Bonchev–Trinajstić information content (AvgIpc) is 1.98. The van der Waals surface area contributed by atoms with Crippen LogP contribution < -0.4 is 0 Å². The van der Waals surface area contributed by atoms with E-state index in [-0.39, 0.29) is 12.3 Å². The smallest absolute Gasteiger partial charge is 0.321 e. The third-order valence-corrected chi connectivity index (χ3v) is 2.12. The molecule has 0 aliphatic rings. The lowest BCUT2D eigenvalue weighted by Crippen LogP contribution is -2.23. The van der Waals surface area contributed by atoms with Gasteiger partial charge in [-0.15, -0.1) is 11.6 Å². The van der Waals surface area contributed by atoms with E-state index in [1.807, 2.05) is 6.92 Å². The zero-order valence-electron chi connectivity index (χ0n) is 6.29. The summed E-state index contributed by atoms with van der Waals surface area (Å²) in [7, 11) is 0. The van der Waals surface area contributed by atoms with Crippen molar-refractivity contribution >= 4 is 23.9 Å². The molecule has 0 saturated carbocycles. The molecule has 64 valence electrons. The molecule has 0 aliphatic heterocycles. The Morgan fingerprint density at radius 3 is 2.55 bits per heavy atom. The first-order valence-electron chi connectivity index (χ1n) is 3.44. The molecule has 4 heteroatoms. The van der Waals surface area contributed by atoms with Crippen LogP contribution in [0.3, 0.4) is 0 Å². The summed E-state index contributed by atoms with van der Waals surface area (Å²) in [4.78, 5) is 20.4. The molecule has 0 spiro atoms. The van der Waals surface area contributed by atoms with Gasteiger partial charge in [-0.05, 0) is 5.92 Å². The Balaban J connectivity index is 4.00. The third kappa shape index (κ3) is 3.37. The number of carboxylic acids is 1. The van der Waals surface area contributed by atoms with E-state index in [1.165, 1.54) is 0 Å². The molecule has 0 heterocycles. The normalized spacial score (nSPS) is 15.5. The number of carbonyl (C=O) groups is 2. The van der Waals surface area contributed by atoms with Crippen LogP contribution in [0.1, 0.15) is 19.8 Å². The SMILES string of the molecule is CCC(CC=O)C(Cl)C(=O)O. The minimum absolute atomic E-state index is 0.219. The van der Waals surface area contributed by atoms with Crippen LogP contribution in [0, 0.1) is 5.92 Å². The Hall–Kier alpha value is -0.570. The van der Waals surface area contributed by atoms with Gasteiger partial charge in [-0.2, -0.15) is 0 Å². The molecule has 0 saturated heterocycles. The first-order chi connectivity index (χ1) is 5.13. The van der Waals surface area contributed by atoms with E-state index >= 15 is 0 Å². The molecule has 0 fully saturated rings. The first-order valence-corrected chi connectivity index (χ1v) is 3.87. The lowest BCUT2D eigenvalue weighted by Gasteiger charge is -2.13. The molecule has 0 radical (unpaired) electrons. The highest BCUT2D eigenvalue weighted by molar-refractivity contribution is 6.29. The molecular weight excluding hydrogens is 168 g/mol. The number of rotatable bonds is 5. The second-order valence-electron chi connectivity index (χ2n) is 2.31. The molecule has 11 heavy (non-hydrogen) atoms. The van der Waals surface area contributed by atoms with E-state index < -0.39 is 11.3 Å². The van der Waals surface area contributed by atoms with Crippen molar-refractivity contribution in [1.82, 2.24) is 0 Å². The summed E-state index contributed by atoms with van der Waals surface area (Å²) in [5, 5.41) is 7.52. The molecule has 0 aromatic carbocycles. The number of alkyl halides is 1. The van der Waals surface area contributed by atoms with Crippen molar-refractivity contribution in [2.75, 3.05) is 0 Å². The van der Waals surface area contributed by atoms with Crippen molar-refractivity contribution in [2.45, 2.75) is 25.1 Å². The quantitative estimate of drug-likeness (QED) is 0.510. The summed E-state index contributed by atoms with van der Waals surface area (Å²) in [5.41, 5.74) is 0. The van der Waals surface area contributed by atoms with Gasteiger partial charge in [-0.1, -0.05) is 13.3 Å². The number of halogens is 1. The maximum atomic E-state index is 10.3. The number of aldehydes is 1. The van der Waals surface area contributed by atoms with Gasteiger partial charge < -0.3 is 9.90 Å². The van der Waals surface area contributed by atoms with Gasteiger partial charge in [0.2, 0.25) is 0 Å². The van der Waals surface area contributed by atoms with Crippen molar-refractivity contribution in [3.8, 4) is 0 Å². The van der Waals surface area contributed by atoms with Gasteiger partial charge in [-0.25, -0.2) is 0 Å². The fourth-order valence-electron chi connectivity index (χ4n) is 0.818. The maximum absolute atomic E-state index is 10.3. The fourth-order valence-corrected chi connectivity index (χ4v) is 1.10. The van der Waals surface area contributed by atoms with E-state index in [0.29, 0.717) is 12.7 Å². The lowest BCUT2D eigenvalue weighted by atomic mass is 9.99. The van der Waals surface area contributed by atoms with Crippen molar-refractivity contribution in [3.05, 3.63) is 0 Å². The number of carbonyl (C=O) groups excluding carboxylic acids is 1. The number of carboxylic acid groups (broad SMARTS) is 1. The van der Waals surface area contributed by atoms with E-state index in [1.54, 1.807) is 0 Å². The van der Waals surface area contributed by atoms with Gasteiger partial charge >= 0.3 is 5.97 Å². The van der Waals surface area contributed by atoms with Gasteiger partial charge in [0, 0.05) is 6.42 Å². The summed E-state index contributed by atoms with van der Waals surface area (Å²) in [6.45, 7) is 1.81. The monoisotopic (exact) mass is 178 g/mol. The highest BCUT2D eigenvalue weighted by Gasteiger charge is 2.23. The van der Waals surface area contributed by atoms with Gasteiger partial charge in [0.1, 0.15) is 11.7 Å². The van der Waals surface area contributed by atoms with E-state index in [2.05, 4.69) is 0 Å². The third-order valence-electron chi connectivity index (χ3n) is 1.57. The Morgan fingerprint density at radius 2 is 2.27 bits per heavy atom. The second kappa shape index (κ2) is 5.13. The molecule has 3 nitrogen and oxygen atoms in total. The molecule has 2 unspecified atom stereocenters. The summed E-state index contributed by atoms with van der Waals surface area (Å²) >= 11 is 5.50. The van der Waals surface area contributed by atoms with Gasteiger partial charge in [0.05, 0.1) is 0 Å². The van der Waals surface area contributed by atoms with Gasteiger partial charge in [0.15, 0.2) is 0 Å². The largest absolute Gasteiger partial charge is 0.480 e. The van der Waals surface area contributed by atoms with E-state index in [0.717, 1.165) is 0 Å². The van der Waals surface area contributed by atoms with Crippen molar-refractivity contribution < 1.29 is 14.7 Å².